The van der Waals surface area contributed by atoms with Crippen molar-refractivity contribution >= 4 is 5.97 Å². The van der Waals surface area contributed by atoms with Crippen LogP contribution in [0.25, 0.3) is 0 Å². The van der Waals surface area contributed by atoms with E-state index in [0.29, 0.717) is 0 Å². The first-order valence-corrected chi connectivity index (χ1v) is 3.78. The minimum Gasteiger partial charge on any atom is -0.502 e. The van der Waals surface area contributed by atoms with Gasteiger partial charge in [0.05, 0.1) is 19.8 Å². The van der Waals surface area contributed by atoms with Gasteiger partial charge in [0.2, 0.25) is 5.75 Å². The van der Waals surface area contributed by atoms with Crippen molar-refractivity contribution in [3.8, 4) is 17.2 Å². The molecule has 2 N–H and O–H groups in total. The van der Waals surface area contributed by atoms with Gasteiger partial charge in [-0.15, -0.1) is 0 Å². The van der Waals surface area contributed by atoms with Crippen LogP contribution in [0, 0.1) is 0 Å². The van der Waals surface area contributed by atoms with Crippen LogP contribution in [0.2, 0.25) is 0 Å². The van der Waals surface area contributed by atoms with Crippen LogP contribution in [0.3, 0.4) is 0 Å². The van der Waals surface area contributed by atoms with Gasteiger partial charge in [-0.25, -0.2) is 4.79 Å². The molecule has 5 nitrogen and oxygen atoms in total. The number of phenolic OH excluding ortho intramolecular Hbond substituents is 1. The zero-order valence-electron chi connectivity index (χ0n) is 8.08. The molecule has 1 aromatic carbocycles. The standard InChI is InChI=1S/C9H10O5.Cu/c1-13-6-3-5(9(11)12)4-7(14-2)8(6)10;/h3-4,10H,1-2H3,(H,11,12);/q;+2. The van der Waals surface area contributed by atoms with E-state index in [1.165, 1.54) is 26.4 Å². The smallest absolute Gasteiger partial charge is 0.502 e. The summed E-state index contributed by atoms with van der Waals surface area (Å²) >= 11 is 0. The molecule has 1 radical (unpaired) electrons. The number of phenols is 1. The molecule has 0 bridgehead atoms. The summed E-state index contributed by atoms with van der Waals surface area (Å²) in [6.45, 7) is 0. The molecule has 0 aromatic heterocycles. The fourth-order valence-electron chi connectivity index (χ4n) is 1.02. The number of aromatic carboxylic acids is 1. The average Bonchev–Trinajstić information content (AvgIpc) is 2.17. The van der Waals surface area contributed by atoms with Gasteiger partial charge in [-0.05, 0) is 12.1 Å². The molecule has 0 amide bonds. The number of carbonyl (C=O) groups is 1. The van der Waals surface area contributed by atoms with Gasteiger partial charge in [0.25, 0.3) is 0 Å². The molecule has 0 aliphatic carbocycles. The summed E-state index contributed by atoms with van der Waals surface area (Å²) < 4.78 is 9.57. The molecule has 0 fully saturated rings. The van der Waals surface area contributed by atoms with Crippen LogP contribution in [0.4, 0.5) is 0 Å². The normalized spacial score (nSPS) is 8.93. The predicted molar refractivity (Wildman–Crippen MR) is 48.2 cm³/mol. The van der Waals surface area contributed by atoms with Crippen LogP contribution in [0.5, 0.6) is 17.2 Å². The second kappa shape index (κ2) is 5.48. The van der Waals surface area contributed by atoms with Crippen LogP contribution in [-0.4, -0.2) is 30.4 Å². The van der Waals surface area contributed by atoms with Gasteiger partial charge >= 0.3 is 23.0 Å². The number of hydrogen-bond donors (Lipinski definition) is 2. The third-order valence-electron chi connectivity index (χ3n) is 1.73. The Kier molecular flexibility index (Phi) is 4.97. The fraction of sp³-hybridized carbons (Fsp3) is 0.222. The summed E-state index contributed by atoms with van der Waals surface area (Å²) in [6, 6.07) is 2.44. The summed E-state index contributed by atoms with van der Waals surface area (Å²) in [4.78, 5) is 10.7. The molecule has 0 saturated heterocycles. The van der Waals surface area contributed by atoms with Gasteiger partial charge in [-0.3, -0.25) is 0 Å². The maximum atomic E-state index is 10.7. The molecule has 1 rings (SSSR count). The van der Waals surface area contributed by atoms with Gasteiger partial charge in [0.15, 0.2) is 11.5 Å². The second-order valence-electron chi connectivity index (χ2n) is 2.53. The van der Waals surface area contributed by atoms with Gasteiger partial charge in [-0.1, -0.05) is 0 Å². The molecule has 0 atom stereocenters. The monoisotopic (exact) mass is 261 g/mol. The number of aromatic hydroxyl groups is 1. The fourth-order valence-corrected chi connectivity index (χ4v) is 1.02. The van der Waals surface area contributed by atoms with E-state index in [-0.39, 0.29) is 39.9 Å². The Morgan fingerprint density at radius 2 is 1.60 bits per heavy atom. The summed E-state index contributed by atoms with van der Waals surface area (Å²) in [6.07, 6.45) is 0. The second-order valence-corrected chi connectivity index (χ2v) is 2.53. The van der Waals surface area contributed by atoms with Gasteiger partial charge in [0.1, 0.15) is 0 Å². The summed E-state index contributed by atoms with van der Waals surface area (Å²) in [5.41, 5.74) is -0.00324. The Balaban J connectivity index is 0.00000196. The molecule has 85 valence electrons. The molecule has 15 heavy (non-hydrogen) atoms. The van der Waals surface area contributed by atoms with Gasteiger partial charge < -0.3 is 19.7 Å². The first-order chi connectivity index (χ1) is 6.60. The van der Waals surface area contributed by atoms with Crippen molar-refractivity contribution in [3.63, 3.8) is 0 Å². The van der Waals surface area contributed by atoms with Crippen LogP contribution in [-0.2, 0) is 17.1 Å². The average molecular weight is 262 g/mol. The molecule has 6 heteroatoms. The number of ether oxygens (including phenoxy) is 2. The van der Waals surface area contributed by atoms with Crippen molar-refractivity contribution in [3.05, 3.63) is 17.7 Å². The zero-order valence-corrected chi connectivity index (χ0v) is 9.02. The first kappa shape index (κ1) is 13.6. The van der Waals surface area contributed by atoms with Crippen molar-refractivity contribution < 1.29 is 41.5 Å². The van der Waals surface area contributed by atoms with Gasteiger partial charge in [0, 0.05) is 0 Å². The Hall–Kier alpha value is -1.39. The first-order valence-electron chi connectivity index (χ1n) is 3.78. The third kappa shape index (κ3) is 2.78. The van der Waals surface area contributed by atoms with Crippen molar-refractivity contribution in [2.24, 2.45) is 0 Å². The number of benzene rings is 1. The number of methoxy groups -OCH3 is 2. The van der Waals surface area contributed by atoms with E-state index < -0.39 is 5.97 Å². The topological polar surface area (TPSA) is 76.0 Å². The third-order valence-corrected chi connectivity index (χ3v) is 1.73. The molecular formula is C9H10CuO5+2. The Labute approximate surface area is 97.1 Å². The summed E-state index contributed by atoms with van der Waals surface area (Å²) in [5, 5.41) is 18.2. The molecule has 0 heterocycles. The van der Waals surface area contributed by atoms with Crippen LogP contribution in [0.15, 0.2) is 12.1 Å². The predicted octanol–water partition coefficient (Wildman–Crippen LogP) is 1.11. The van der Waals surface area contributed by atoms with E-state index in [1.54, 1.807) is 0 Å². The van der Waals surface area contributed by atoms with E-state index in [0.717, 1.165) is 0 Å². The quantitative estimate of drug-likeness (QED) is 0.797. The Bertz CT molecular complexity index is 339. The number of rotatable bonds is 3. The Morgan fingerprint density at radius 1 is 1.20 bits per heavy atom. The minimum atomic E-state index is -1.11. The van der Waals surface area contributed by atoms with Crippen LogP contribution in [0.1, 0.15) is 10.4 Å². The summed E-state index contributed by atoms with van der Waals surface area (Å²) in [7, 11) is 2.67. The number of carboxylic acids is 1. The van der Waals surface area contributed by atoms with Crippen molar-refractivity contribution in [2.45, 2.75) is 0 Å². The molecule has 1 aromatic rings. The van der Waals surface area contributed by atoms with Gasteiger partial charge in [-0.2, -0.15) is 0 Å². The number of hydrogen-bond acceptors (Lipinski definition) is 4. The number of carboxylic acid groups (broad SMARTS) is 1. The van der Waals surface area contributed by atoms with E-state index in [4.69, 9.17) is 14.6 Å². The van der Waals surface area contributed by atoms with Crippen LogP contribution < -0.4 is 9.47 Å². The largest absolute Gasteiger partial charge is 2.00 e. The molecule has 0 aliphatic heterocycles. The minimum absolute atomic E-state index is 0. The maximum Gasteiger partial charge on any atom is 2.00 e. The van der Waals surface area contributed by atoms with Crippen LogP contribution >= 0.6 is 0 Å². The molecular weight excluding hydrogens is 252 g/mol. The zero-order chi connectivity index (χ0) is 10.7. The molecule has 0 aliphatic rings. The Morgan fingerprint density at radius 3 is 1.87 bits per heavy atom. The molecule has 0 saturated carbocycles. The maximum absolute atomic E-state index is 10.7. The molecule has 0 unspecified atom stereocenters. The van der Waals surface area contributed by atoms with Crippen molar-refractivity contribution in [1.29, 1.82) is 0 Å². The molecule has 0 spiro atoms. The van der Waals surface area contributed by atoms with E-state index in [2.05, 4.69) is 0 Å². The van der Waals surface area contributed by atoms with E-state index in [1.807, 2.05) is 0 Å². The SMILES string of the molecule is COc1cc(C(=O)O)cc(OC)c1O.[Cu+2]. The van der Waals surface area contributed by atoms with E-state index >= 15 is 0 Å². The van der Waals surface area contributed by atoms with Crippen molar-refractivity contribution in [2.75, 3.05) is 14.2 Å². The van der Waals surface area contributed by atoms with Crippen molar-refractivity contribution in [1.82, 2.24) is 0 Å². The summed E-state index contributed by atoms with van der Waals surface area (Å²) in [5.74, 6) is -1.18. The van der Waals surface area contributed by atoms with E-state index in [9.17, 15) is 9.90 Å².